The fourth-order valence-electron chi connectivity index (χ4n) is 4.96. The number of carbonyl (C=O) groups is 1. The lowest BCUT2D eigenvalue weighted by Gasteiger charge is -2.18. The second kappa shape index (κ2) is 16.5. The number of likely N-dealkylation sites (tertiary alicyclic amines) is 1. The number of unbranched alkanes of at least 4 members (excludes halogenated alkanes) is 8. The highest BCUT2D eigenvalue weighted by Crippen LogP contribution is 2.30. The molecule has 1 aromatic carbocycles. The maximum atomic E-state index is 13.3. The summed E-state index contributed by atoms with van der Waals surface area (Å²) in [5.41, 5.74) is 0.964. The van der Waals surface area contributed by atoms with Crippen molar-refractivity contribution in [3.05, 3.63) is 54.3 Å². The minimum atomic E-state index is -2.37. The number of hydrogen-bond acceptors (Lipinski definition) is 3. The molecule has 0 saturated carbocycles. The summed E-state index contributed by atoms with van der Waals surface area (Å²) in [5.74, 6) is 0.495. The van der Waals surface area contributed by atoms with Gasteiger partial charge in [-0.15, -0.1) is 0 Å². The molecule has 4 nitrogen and oxygen atoms in total. The molecule has 1 aliphatic heterocycles. The molecule has 1 atom stereocenters. The minimum Gasteiger partial charge on any atom is -0.497 e. The first kappa shape index (κ1) is 22.6. The summed E-state index contributed by atoms with van der Waals surface area (Å²) in [6, 6.07) is 4.51. The van der Waals surface area contributed by atoms with Crippen molar-refractivity contribution >= 4 is 16.8 Å². The van der Waals surface area contributed by atoms with Crippen LogP contribution in [0.2, 0.25) is 0 Å². The Morgan fingerprint density at radius 2 is 1.84 bits per heavy atom. The van der Waals surface area contributed by atoms with Crippen LogP contribution in [0.1, 0.15) is 114 Å². The molecule has 0 radical (unpaired) electrons. The highest BCUT2D eigenvalue weighted by Gasteiger charge is 2.23. The van der Waals surface area contributed by atoms with Crippen molar-refractivity contribution in [2.75, 3.05) is 20.6 Å². The molecular weight excluding hydrogens is 456 g/mol. The fourth-order valence-corrected chi connectivity index (χ4v) is 4.96. The van der Waals surface area contributed by atoms with Crippen LogP contribution in [0.3, 0.4) is 0 Å². The average Bonchev–Trinajstić information content (AvgIpc) is 3.61. The Morgan fingerprint density at radius 1 is 1.08 bits per heavy atom. The standard InChI is InChI=1S/C33H50N2O2/c1-4-5-6-7-8-9-10-11-12-13-14-15-16-17-18-21-33(36)35-27-28(25-29-20-19-24-34(29)2)31-26-30(37-3)22-23-32(31)35/h8-9,11-12,22-23,26-27,29H,4-7,10,13-21,24-25H2,1-3H3/b9-8-,12-11-/t29-/m1/s1/i2D3,25D2. The van der Waals surface area contributed by atoms with Gasteiger partial charge >= 0.3 is 0 Å². The van der Waals surface area contributed by atoms with E-state index in [0.29, 0.717) is 48.0 Å². The van der Waals surface area contributed by atoms with Gasteiger partial charge in [0.2, 0.25) is 5.91 Å². The number of allylic oxidation sites excluding steroid dienone is 4. The van der Waals surface area contributed by atoms with Crippen molar-refractivity contribution in [3.8, 4) is 5.75 Å². The van der Waals surface area contributed by atoms with E-state index in [0.717, 1.165) is 44.9 Å². The second-order valence-electron chi connectivity index (χ2n) is 10.2. The van der Waals surface area contributed by atoms with Gasteiger partial charge in [-0.3, -0.25) is 9.36 Å². The molecular formula is C33H50N2O2. The van der Waals surface area contributed by atoms with Gasteiger partial charge < -0.3 is 9.64 Å². The van der Waals surface area contributed by atoms with Gasteiger partial charge in [0.05, 0.1) is 12.6 Å². The number of methoxy groups -OCH3 is 1. The van der Waals surface area contributed by atoms with Crippen molar-refractivity contribution in [2.45, 2.75) is 109 Å². The molecule has 1 saturated heterocycles. The summed E-state index contributed by atoms with van der Waals surface area (Å²) in [6.07, 6.45) is 22.4. The van der Waals surface area contributed by atoms with Crippen molar-refractivity contribution in [2.24, 2.45) is 0 Å². The number of ether oxygens (including phenoxy) is 1. The molecule has 0 bridgehead atoms. The van der Waals surface area contributed by atoms with Crippen LogP contribution in [0.25, 0.3) is 10.9 Å². The third-order valence-corrected chi connectivity index (χ3v) is 7.20. The Labute approximate surface area is 232 Å². The maximum absolute atomic E-state index is 13.3. The molecule has 1 fully saturated rings. The molecule has 0 N–H and O–H groups in total. The summed E-state index contributed by atoms with van der Waals surface area (Å²) < 4.78 is 48.8. The zero-order chi connectivity index (χ0) is 30.6. The Hall–Kier alpha value is -2.33. The Bertz CT molecular complexity index is 1190. The zero-order valence-corrected chi connectivity index (χ0v) is 23.0. The molecule has 0 aliphatic carbocycles. The van der Waals surface area contributed by atoms with Gasteiger partial charge in [0.15, 0.2) is 0 Å². The van der Waals surface area contributed by atoms with Crippen molar-refractivity contribution < 1.29 is 16.4 Å². The highest BCUT2D eigenvalue weighted by molar-refractivity contribution is 5.95. The van der Waals surface area contributed by atoms with Gasteiger partial charge in [-0.2, -0.15) is 0 Å². The summed E-state index contributed by atoms with van der Waals surface area (Å²) in [4.78, 5) is 14.6. The van der Waals surface area contributed by atoms with Crippen LogP contribution in [0.15, 0.2) is 48.7 Å². The van der Waals surface area contributed by atoms with Gasteiger partial charge in [-0.1, -0.05) is 63.3 Å². The summed E-state index contributed by atoms with van der Waals surface area (Å²) in [5, 5.41) is 0.588. The van der Waals surface area contributed by atoms with Crippen molar-refractivity contribution in [1.29, 1.82) is 0 Å². The quantitative estimate of drug-likeness (QED) is 0.157. The molecule has 1 aromatic heterocycles. The van der Waals surface area contributed by atoms with Gasteiger partial charge in [0.25, 0.3) is 0 Å². The van der Waals surface area contributed by atoms with E-state index in [2.05, 4.69) is 31.2 Å². The lowest BCUT2D eigenvalue weighted by Crippen LogP contribution is -2.26. The van der Waals surface area contributed by atoms with E-state index in [1.54, 1.807) is 36.1 Å². The van der Waals surface area contributed by atoms with Gasteiger partial charge in [0.1, 0.15) is 5.75 Å². The summed E-state index contributed by atoms with van der Waals surface area (Å²) >= 11 is 0. The van der Waals surface area contributed by atoms with E-state index in [4.69, 9.17) is 11.6 Å². The normalized spacial score (nSPS) is 19.3. The first-order chi connectivity index (χ1) is 20.1. The number of nitrogens with zero attached hydrogens (tertiary/aromatic N) is 2. The minimum absolute atomic E-state index is 0.0722. The number of aromatic nitrogens is 1. The maximum Gasteiger partial charge on any atom is 0.231 e. The van der Waals surface area contributed by atoms with Crippen molar-refractivity contribution in [3.63, 3.8) is 0 Å². The first-order valence-corrected chi connectivity index (χ1v) is 14.4. The monoisotopic (exact) mass is 511 g/mol. The van der Waals surface area contributed by atoms with Gasteiger partial charge in [-0.05, 0) is 95.0 Å². The van der Waals surface area contributed by atoms with E-state index in [1.165, 1.54) is 30.6 Å². The van der Waals surface area contributed by atoms with Crippen LogP contribution in [0, 0.1) is 0 Å². The second-order valence-corrected chi connectivity index (χ2v) is 10.2. The third-order valence-electron chi connectivity index (χ3n) is 7.20. The van der Waals surface area contributed by atoms with Crippen LogP contribution < -0.4 is 4.74 Å². The van der Waals surface area contributed by atoms with Crippen LogP contribution in [-0.2, 0) is 6.37 Å². The Kier molecular flexibility index (Phi) is 10.1. The average molecular weight is 512 g/mol. The molecule has 3 rings (SSSR count). The van der Waals surface area contributed by atoms with Crippen LogP contribution in [0.5, 0.6) is 5.75 Å². The first-order valence-electron chi connectivity index (χ1n) is 16.9. The predicted octanol–water partition coefficient (Wildman–Crippen LogP) is 8.74. The Morgan fingerprint density at radius 3 is 2.59 bits per heavy atom. The molecule has 1 aliphatic rings. The van der Waals surface area contributed by atoms with Gasteiger partial charge in [-0.25, -0.2) is 0 Å². The van der Waals surface area contributed by atoms with E-state index < -0.39 is 19.4 Å². The zero-order valence-electron chi connectivity index (χ0n) is 28.0. The molecule has 0 amide bonds. The summed E-state index contributed by atoms with van der Waals surface area (Å²) in [6.45, 7) is 0.182. The largest absolute Gasteiger partial charge is 0.497 e. The lowest BCUT2D eigenvalue weighted by molar-refractivity contribution is 0.0904. The van der Waals surface area contributed by atoms with Crippen molar-refractivity contribution in [1.82, 2.24) is 9.47 Å². The smallest absolute Gasteiger partial charge is 0.231 e. The van der Waals surface area contributed by atoms with E-state index in [1.807, 2.05) is 0 Å². The summed E-state index contributed by atoms with van der Waals surface area (Å²) in [7, 11) is 1.55. The Balaban J connectivity index is 1.54. The number of fused-ring (bicyclic) bond motifs is 1. The molecule has 2 aromatic rings. The molecule has 2 heterocycles. The fraction of sp³-hybridized carbons (Fsp3) is 0.606. The van der Waals surface area contributed by atoms with Crippen LogP contribution >= 0.6 is 0 Å². The number of hydrogen-bond donors (Lipinski definition) is 0. The SMILES string of the molecule is [2H]C([2H])(c1cn(C(=O)CCCCCCC/C=C\C/C=C\CCCCC)c2ccc(OC)cc12)[C@H]1CCCN1C([2H])([2H])[2H]. The number of carbonyl (C=O) groups excluding carboxylic acids is 1. The molecule has 37 heavy (non-hydrogen) atoms. The van der Waals surface area contributed by atoms with Gasteiger partial charge in [0, 0.05) is 30.9 Å². The predicted molar refractivity (Wildman–Crippen MR) is 158 cm³/mol. The molecule has 0 unspecified atom stereocenters. The van der Waals surface area contributed by atoms with Crippen LogP contribution in [-0.4, -0.2) is 42.0 Å². The third kappa shape index (κ3) is 9.48. The van der Waals surface area contributed by atoms with E-state index in [9.17, 15) is 4.79 Å². The lowest BCUT2D eigenvalue weighted by atomic mass is 10.0. The number of likely N-dealkylation sites (N-methyl/N-ethyl adjacent to an activating group) is 1. The molecule has 4 heteroatoms. The highest BCUT2D eigenvalue weighted by atomic mass is 16.5. The topological polar surface area (TPSA) is 34.5 Å². The van der Waals surface area contributed by atoms with E-state index in [-0.39, 0.29) is 5.91 Å². The molecule has 0 spiro atoms. The van der Waals surface area contributed by atoms with E-state index >= 15 is 0 Å². The molecule has 204 valence electrons. The van der Waals surface area contributed by atoms with Crippen LogP contribution in [0.4, 0.5) is 0 Å². The number of benzene rings is 1. The number of rotatable bonds is 17.